The second-order valence-electron chi connectivity index (χ2n) is 7.78. The summed E-state index contributed by atoms with van der Waals surface area (Å²) in [4.78, 5) is 21.5. The predicted octanol–water partition coefficient (Wildman–Crippen LogP) is 5.40. The Hall–Kier alpha value is -4.10. The molecule has 1 amide bonds. The minimum absolute atomic E-state index is 0.157. The molecule has 0 unspecified atom stereocenters. The maximum absolute atomic E-state index is 13.2. The summed E-state index contributed by atoms with van der Waals surface area (Å²) in [7, 11) is 0. The van der Waals surface area contributed by atoms with Crippen molar-refractivity contribution in [1.29, 1.82) is 0 Å². The average molecular weight is 474 g/mol. The van der Waals surface area contributed by atoms with Crippen LogP contribution in [0.5, 0.6) is 11.6 Å². The Bertz CT molecular complexity index is 1240. The highest BCUT2D eigenvalue weighted by molar-refractivity contribution is 6.32. The molecule has 0 aliphatic rings. The van der Waals surface area contributed by atoms with E-state index in [1.54, 1.807) is 12.1 Å². The number of carbonyl (C=O) groups excluding carboxylic acids is 1. The molecule has 4 rings (SSSR count). The van der Waals surface area contributed by atoms with Gasteiger partial charge in [-0.25, -0.2) is 4.98 Å². The van der Waals surface area contributed by atoms with Gasteiger partial charge in [0.15, 0.2) is 5.82 Å². The van der Waals surface area contributed by atoms with E-state index in [4.69, 9.17) is 22.1 Å². The van der Waals surface area contributed by atoms with Crippen molar-refractivity contribution in [2.75, 3.05) is 11.2 Å². The number of aryl methyl sites for hydroxylation is 2. The number of rotatable bonds is 7. The molecule has 7 nitrogen and oxygen atoms in total. The van der Waals surface area contributed by atoms with Gasteiger partial charge in [0.2, 0.25) is 11.8 Å². The number of hydrazine groups is 1. The van der Waals surface area contributed by atoms with E-state index in [-0.39, 0.29) is 23.3 Å². The first kappa shape index (κ1) is 23.1. The van der Waals surface area contributed by atoms with E-state index < -0.39 is 5.92 Å². The van der Waals surface area contributed by atoms with Crippen LogP contribution in [0.3, 0.4) is 0 Å². The lowest BCUT2D eigenvalue weighted by Crippen LogP contribution is -2.35. The molecule has 4 aromatic rings. The van der Waals surface area contributed by atoms with Gasteiger partial charge in [0.05, 0.1) is 5.92 Å². The Kier molecular flexibility index (Phi) is 6.94. The third kappa shape index (κ3) is 5.10. The molecule has 0 aliphatic heterocycles. The Morgan fingerprint density at radius 1 is 0.941 bits per heavy atom. The monoisotopic (exact) mass is 473 g/mol. The third-order valence-corrected chi connectivity index (χ3v) is 5.90. The van der Waals surface area contributed by atoms with Crippen LogP contribution in [0.2, 0.25) is 5.02 Å². The molecule has 34 heavy (non-hydrogen) atoms. The molecule has 0 atom stereocenters. The minimum atomic E-state index is -0.520. The molecule has 4 N–H and O–H groups in total. The van der Waals surface area contributed by atoms with Crippen molar-refractivity contribution < 1.29 is 9.53 Å². The zero-order valence-corrected chi connectivity index (χ0v) is 19.5. The molecule has 0 spiro atoms. The number of anilines is 2. The molecule has 0 bridgehead atoms. The first-order chi connectivity index (χ1) is 16.4. The van der Waals surface area contributed by atoms with Crippen LogP contribution in [0.25, 0.3) is 0 Å². The smallest absolute Gasteiger partial charge is 0.250 e. The van der Waals surface area contributed by atoms with Crippen LogP contribution in [0.1, 0.15) is 28.2 Å². The lowest BCUT2D eigenvalue weighted by atomic mass is 9.91. The van der Waals surface area contributed by atoms with E-state index >= 15 is 0 Å². The number of benzene rings is 3. The first-order valence-corrected chi connectivity index (χ1v) is 11.0. The molecule has 0 radical (unpaired) electrons. The van der Waals surface area contributed by atoms with Crippen molar-refractivity contribution in [3.8, 4) is 11.6 Å². The van der Waals surface area contributed by atoms with E-state index in [1.807, 2.05) is 74.5 Å². The predicted molar refractivity (Wildman–Crippen MR) is 134 cm³/mol. The first-order valence-electron chi connectivity index (χ1n) is 10.6. The van der Waals surface area contributed by atoms with E-state index in [9.17, 15) is 4.79 Å². The lowest BCUT2D eigenvalue weighted by Gasteiger charge is -2.19. The van der Waals surface area contributed by atoms with Gasteiger partial charge in [-0.1, -0.05) is 72.3 Å². The number of carbonyl (C=O) groups is 1. The van der Waals surface area contributed by atoms with Gasteiger partial charge in [-0.15, -0.1) is 0 Å². The third-order valence-electron chi connectivity index (χ3n) is 5.30. The molecule has 1 aromatic heterocycles. The maximum Gasteiger partial charge on any atom is 0.250 e. The Balaban J connectivity index is 1.53. The highest BCUT2D eigenvalue weighted by atomic mass is 35.5. The summed E-state index contributed by atoms with van der Waals surface area (Å²) < 4.78 is 5.87. The molecule has 172 valence electrons. The van der Waals surface area contributed by atoms with Crippen LogP contribution in [0.15, 0.2) is 79.1 Å². The van der Waals surface area contributed by atoms with E-state index in [2.05, 4.69) is 20.8 Å². The minimum Gasteiger partial charge on any atom is -0.437 e. The Morgan fingerprint density at radius 3 is 2.06 bits per heavy atom. The Morgan fingerprint density at radius 2 is 1.50 bits per heavy atom. The molecule has 0 saturated carbocycles. The van der Waals surface area contributed by atoms with Gasteiger partial charge in [-0.2, -0.15) is 4.98 Å². The second kappa shape index (κ2) is 10.2. The van der Waals surface area contributed by atoms with Crippen LogP contribution in [-0.4, -0.2) is 15.9 Å². The van der Waals surface area contributed by atoms with Crippen LogP contribution in [-0.2, 0) is 4.79 Å². The number of nitrogens with zero attached hydrogens (tertiary/aromatic N) is 2. The normalized spacial score (nSPS) is 10.7. The quantitative estimate of drug-likeness (QED) is 0.311. The fourth-order valence-corrected chi connectivity index (χ4v) is 3.73. The topological polar surface area (TPSA) is 102 Å². The van der Waals surface area contributed by atoms with Gasteiger partial charge in [0, 0.05) is 5.02 Å². The molecular weight excluding hydrogens is 450 g/mol. The summed E-state index contributed by atoms with van der Waals surface area (Å²) in [6, 6.07) is 22.7. The summed E-state index contributed by atoms with van der Waals surface area (Å²) in [6.07, 6.45) is 1.31. The van der Waals surface area contributed by atoms with E-state index in [0.29, 0.717) is 10.8 Å². The fourth-order valence-electron chi connectivity index (χ4n) is 3.62. The lowest BCUT2D eigenvalue weighted by molar-refractivity contribution is -0.121. The zero-order chi connectivity index (χ0) is 24.1. The number of ether oxygens (including phenoxy) is 1. The number of nitrogen functional groups attached to an aromatic ring is 1. The summed E-state index contributed by atoms with van der Waals surface area (Å²) >= 11 is 6.24. The van der Waals surface area contributed by atoms with Gasteiger partial charge >= 0.3 is 0 Å². The van der Waals surface area contributed by atoms with Crippen LogP contribution in [0.4, 0.5) is 11.5 Å². The SMILES string of the molecule is Cc1cc(Oc2ncnc(NNC(=O)C(c3ccccc3)c3ccccc3)c2N)cc(C)c1Cl. The zero-order valence-electron chi connectivity index (χ0n) is 18.7. The summed E-state index contributed by atoms with van der Waals surface area (Å²) in [5.41, 5.74) is 15.4. The Labute approximate surface area is 202 Å². The standard InChI is InChI=1S/C26H24ClN5O2/c1-16-13-20(14-17(2)22(16)27)34-26-23(28)24(29-15-30-26)31-32-25(33)21(18-9-5-3-6-10-18)19-11-7-4-8-12-19/h3-15,21H,28H2,1-2H3,(H,32,33)(H,29,30,31). The summed E-state index contributed by atoms with van der Waals surface area (Å²) in [6.45, 7) is 3.79. The van der Waals surface area contributed by atoms with Crippen LogP contribution >= 0.6 is 11.6 Å². The summed E-state index contributed by atoms with van der Waals surface area (Å²) in [5.74, 6) is 0.153. The fraction of sp³-hybridized carbons (Fsp3) is 0.115. The number of aromatic nitrogens is 2. The van der Waals surface area contributed by atoms with Gasteiger partial charge in [-0.05, 0) is 48.2 Å². The maximum atomic E-state index is 13.2. The molecule has 0 aliphatic carbocycles. The molecule has 0 fully saturated rings. The average Bonchev–Trinajstić information content (AvgIpc) is 2.84. The van der Waals surface area contributed by atoms with Crippen molar-refractivity contribution in [1.82, 2.24) is 15.4 Å². The number of hydrogen-bond acceptors (Lipinski definition) is 6. The van der Waals surface area contributed by atoms with Gasteiger partial charge in [0.1, 0.15) is 17.8 Å². The molecule has 0 saturated heterocycles. The second-order valence-corrected chi connectivity index (χ2v) is 8.16. The van der Waals surface area contributed by atoms with Crippen molar-refractivity contribution in [2.45, 2.75) is 19.8 Å². The van der Waals surface area contributed by atoms with Crippen molar-refractivity contribution in [3.63, 3.8) is 0 Å². The molecule has 1 heterocycles. The van der Waals surface area contributed by atoms with E-state index in [1.165, 1.54) is 6.33 Å². The number of hydrogen-bond donors (Lipinski definition) is 3. The number of halogens is 1. The van der Waals surface area contributed by atoms with Crippen molar-refractivity contribution in [3.05, 3.63) is 106 Å². The van der Waals surface area contributed by atoms with Gasteiger partial charge in [0.25, 0.3) is 0 Å². The number of nitrogens with one attached hydrogen (secondary N) is 2. The van der Waals surface area contributed by atoms with Crippen LogP contribution in [0, 0.1) is 13.8 Å². The van der Waals surface area contributed by atoms with Gasteiger partial charge in [-0.3, -0.25) is 15.6 Å². The summed E-state index contributed by atoms with van der Waals surface area (Å²) in [5, 5.41) is 0.680. The van der Waals surface area contributed by atoms with E-state index in [0.717, 1.165) is 22.3 Å². The van der Waals surface area contributed by atoms with Crippen LogP contribution < -0.4 is 21.3 Å². The van der Waals surface area contributed by atoms with Crippen molar-refractivity contribution in [2.24, 2.45) is 0 Å². The number of nitrogens with two attached hydrogens (primary N) is 1. The highest BCUT2D eigenvalue weighted by Gasteiger charge is 2.23. The highest BCUT2D eigenvalue weighted by Crippen LogP contribution is 2.32. The molecular formula is C26H24ClN5O2. The molecule has 3 aromatic carbocycles. The van der Waals surface area contributed by atoms with Gasteiger partial charge < -0.3 is 10.5 Å². The largest absolute Gasteiger partial charge is 0.437 e. The van der Waals surface area contributed by atoms with Crippen molar-refractivity contribution >= 4 is 29.0 Å². The molecule has 8 heteroatoms. The number of amides is 1.